The number of hydrogen-bond acceptors (Lipinski definition) is 4. The molecule has 0 spiro atoms. The van der Waals surface area contributed by atoms with Gasteiger partial charge in [0.1, 0.15) is 13.2 Å². The van der Waals surface area contributed by atoms with Crippen molar-refractivity contribution in [2.45, 2.75) is 52.4 Å². The second-order valence-electron chi connectivity index (χ2n) is 9.80. The van der Waals surface area contributed by atoms with Gasteiger partial charge in [0.2, 0.25) is 0 Å². The number of hydrogen-bond donors (Lipinski definition) is 1. The van der Waals surface area contributed by atoms with Crippen LogP contribution in [0.5, 0.6) is 11.5 Å². The summed E-state index contributed by atoms with van der Waals surface area (Å²) in [6.07, 6.45) is 1.44. The van der Waals surface area contributed by atoms with Gasteiger partial charge in [-0.05, 0) is 40.5 Å². The van der Waals surface area contributed by atoms with Crippen LogP contribution in [0.3, 0.4) is 0 Å². The number of fused-ring (bicyclic) bond motifs is 2. The number of carbonyl (C=O) groups is 1. The van der Waals surface area contributed by atoms with E-state index >= 15 is 0 Å². The predicted molar refractivity (Wildman–Crippen MR) is 118 cm³/mol. The fourth-order valence-electron chi connectivity index (χ4n) is 4.97. The molecule has 156 valence electrons. The van der Waals surface area contributed by atoms with E-state index in [0.29, 0.717) is 25.6 Å². The number of nitrogens with one attached hydrogen (secondary N) is 1. The molecule has 2 aromatic rings. The fraction of sp³-hybridized carbons (Fsp3) is 0.423. The summed E-state index contributed by atoms with van der Waals surface area (Å²) in [6, 6.07) is 12.9. The zero-order valence-corrected chi connectivity index (χ0v) is 18.2. The van der Waals surface area contributed by atoms with Crippen molar-refractivity contribution in [1.29, 1.82) is 0 Å². The SMILES string of the molecule is CC(C)c1ccc(C2C3=C(CC(C)(C)CC3=O)Nc3cc4c(cc32)OCCO4)cc1. The van der Waals surface area contributed by atoms with Crippen molar-refractivity contribution in [3.05, 3.63) is 64.4 Å². The Labute approximate surface area is 178 Å². The van der Waals surface area contributed by atoms with Crippen molar-refractivity contribution in [2.24, 2.45) is 5.41 Å². The second kappa shape index (κ2) is 6.90. The fourth-order valence-corrected chi connectivity index (χ4v) is 4.97. The van der Waals surface area contributed by atoms with Gasteiger partial charge < -0.3 is 14.8 Å². The Morgan fingerprint density at radius 1 is 1.00 bits per heavy atom. The number of ketones is 1. The lowest BCUT2D eigenvalue weighted by molar-refractivity contribution is -0.118. The number of Topliss-reactive ketones (excluding diaryl/α,β-unsaturated/α-hetero) is 1. The summed E-state index contributed by atoms with van der Waals surface area (Å²) in [6.45, 7) is 9.85. The molecule has 4 nitrogen and oxygen atoms in total. The highest BCUT2D eigenvalue weighted by Crippen LogP contribution is 2.51. The molecule has 0 bridgehead atoms. The van der Waals surface area contributed by atoms with Gasteiger partial charge in [0.25, 0.3) is 0 Å². The number of anilines is 1. The van der Waals surface area contributed by atoms with E-state index < -0.39 is 0 Å². The Balaban J connectivity index is 1.68. The Hall–Kier alpha value is -2.75. The number of rotatable bonds is 2. The third-order valence-electron chi connectivity index (χ3n) is 6.46. The van der Waals surface area contributed by atoms with Gasteiger partial charge in [-0.15, -0.1) is 0 Å². The van der Waals surface area contributed by atoms with Gasteiger partial charge in [-0.2, -0.15) is 0 Å². The van der Waals surface area contributed by atoms with E-state index in [-0.39, 0.29) is 17.1 Å². The lowest BCUT2D eigenvalue weighted by Gasteiger charge is -2.40. The van der Waals surface area contributed by atoms with E-state index in [1.165, 1.54) is 5.56 Å². The van der Waals surface area contributed by atoms with Crippen molar-refractivity contribution in [1.82, 2.24) is 0 Å². The predicted octanol–water partition coefficient (Wildman–Crippen LogP) is 5.78. The largest absolute Gasteiger partial charge is 0.486 e. The van der Waals surface area contributed by atoms with Crippen LogP contribution in [-0.4, -0.2) is 19.0 Å². The van der Waals surface area contributed by atoms with Crippen LogP contribution in [0.15, 0.2) is 47.7 Å². The highest BCUT2D eigenvalue weighted by atomic mass is 16.6. The van der Waals surface area contributed by atoms with Crippen molar-refractivity contribution in [3.63, 3.8) is 0 Å². The minimum atomic E-state index is -0.0862. The normalized spacial score (nSPS) is 21.8. The summed E-state index contributed by atoms with van der Waals surface area (Å²) >= 11 is 0. The molecule has 0 fully saturated rings. The van der Waals surface area contributed by atoms with E-state index in [4.69, 9.17) is 9.47 Å². The Bertz CT molecular complexity index is 1050. The minimum absolute atomic E-state index is 0.0414. The smallest absolute Gasteiger partial charge is 0.163 e. The zero-order valence-electron chi connectivity index (χ0n) is 18.2. The summed E-state index contributed by atoms with van der Waals surface area (Å²) in [4.78, 5) is 13.3. The third-order valence-corrected chi connectivity index (χ3v) is 6.46. The molecule has 4 heteroatoms. The van der Waals surface area contributed by atoms with Gasteiger partial charge in [0.15, 0.2) is 17.3 Å². The van der Waals surface area contributed by atoms with Crippen LogP contribution in [0, 0.1) is 5.41 Å². The molecule has 1 aliphatic carbocycles. The molecule has 3 aliphatic rings. The molecule has 0 radical (unpaired) electrons. The van der Waals surface area contributed by atoms with E-state index in [9.17, 15) is 4.79 Å². The monoisotopic (exact) mass is 403 g/mol. The standard InChI is InChI=1S/C26H29NO3/c1-15(2)16-5-7-17(8-6-16)24-18-11-22-23(30-10-9-29-22)12-19(18)27-20-13-26(3,4)14-21(28)25(20)24/h5-8,11-12,15,24,27H,9-10,13-14H2,1-4H3. The first-order valence-corrected chi connectivity index (χ1v) is 10.9. The molecule has 0 saturated carbocycles. The van der Waals surface area contributed by atoms with E-state index in [1.54, 1.807) is 0 Å². The van der Waals surface area contributed by atoms with Crippen LogP contribution >= 0.6 is 0 Å². The quantitative estimate of drug-likeness (QED) is 0.690. The van der Waals surface area contributed by atoms with Gasteiger partial charge in [0.05, 0.1) is 0 Å². The molecular formula is C26H29NO3. The van der Waals surface area contributed by atoms with Crippen molar-refractivity contribution < 1.29 is 14.3 Å². The molecule has 1 N–H and O–H groups in total. The third kappa shape index (κ3) is 3.19. The van der Waals surface area contributed by atoms with E-state index in [2.05, 4.69) is 63.3 Å². The molecule has 2 aliphatic heterocycles. The maximum atomic E-state index is 13.3. The van der Waals surface area contributed by atoms with Crippen LogP contribution in [0.25, 0.3) is 0 Å². The molecular weight excluding hydrogens is 374 g/mol. The molecule has 1 unspecified atom stereocenters. The van der Waals surface area contributed by atoms with E-state index in [0.717, 1.165) is 46.0 Å². The first-order valence-electron chi connectivity index (χ1n) is 10.9. The molecule has 0 saturated heterocycles. The average molecular weight is 404 g/mol. The van der Waals surface area contributed by atoms with Gasteiger partial charge >= 0.3 is 0 Å². The highest BCUT2D eigenvalue weighted by Gasteiger charge is 2.41. The second-order valence-corrected chi connectivity index (χ2v) is 9.80. The lowest BCUT2D eigenvalue weighted by atomic mass is 9.68. The number of carbonyl (C=O) groups excluding carboxylic acids is 1. The summed E-state index contributed by atoms with van der Waals surface area (Å²) in [5.41, 5.74) is 6.49. The van der Waals surface area contributed by atoms with Gasteiger partial charge in [-0.3, -0.25) is 4.79 Å². The lowest BCUT2D eigenvalue weighted by Crippen LogP contribution is -2.34. The van der Waals surface area contributed by atoms with Gasteiger partial charge in [-0.1, -0.05) is 52.0 Å². The Morgan fingerprint density at radius 3 is 2.33 bits per heavy atom. The number of benzene rings is 2. The maximum absolute atomic E-state index is 13.3. The topological polar surface area (TPSA) is 47.6 Å². The van der Waals surface area contributed by atoms with Gasteiger partial charge in [0, 0.05) is 35.4 Å². The molecule has 2 aromatic carbocycles. The highest BCUT2D eigenvalue weighted by molar-refractivity contribution is 6.01. The van der Waals surface area contributed by atoms with Crippen LogP contribution < -0.4 is 14.8 Å². The Kier molecular flexibility index (Phi) is 4.42. The van der Waals surface area contributed by atoms with Crippen molar-refractivity contribution >= 4 is 11.5 Å². The molecule has 30 heavy (non-hydrogen) atoms. The van der Waals surface area contributed by atoms with Crippen LogP contribution in [0.2, 0.25) is 0 Å². The van der Waals surface area contributed by atoms with Crippen LogP contribution in [0.1, 0.15) is 69.1 Å². The number of allylic oxidation sites excluding steroid dienone is 2. The van der Waals surface area contributed by atoms with Crippen molar-refractivity contribution in [3.8, 4) is 11.5 Å². The molecule has 2 heterocycles. The maximum Gasteiger partial charge on any atom is 0.163 e. The molecule has 0 amide bonds. The summed E-state index contributed by atoms with van der Waals surface area (Å²) in [5.74, 6) is 2.16. The first kappa shape index (κ1) is 19.2. The summed E-state index contributed by atoms with van der Waals surface area (Å²) < 4.78 is 11.7. The number of ether oxygens (including phenoxy) is 2. The van der Waals surface area contributed by atoms with Crippen molar-refractivity contribution in [2.75, 3.05) is 18.5 Å². The first-order chi connectivity index (χ1) is 14.3. The summed E-state index contributed by atoms with van der Waals surface area (Å²) in [7, 11) is 0. The molecule has 1 atom stereocenters. The minimum Gasteiger partial charge on any atom is -0.486 e. The van der Waals surface area contributed by atoms with Gasteiger partial charge in [-0.25, -0.2) is 0 Å². The van der Waals surface area contributed by atoms with Crippen LogP contribution in [0.4, 0.5) is 5.69 Å². The Morgan fingerprint density at radius 2 is 1.67 bits per heavy atom. The average Bonchev–Trinajstić information content (AvgIpc) is 2.70. The molecule has 5 rings (SSSR count). The summed E-state index contributed by atoms with van der Waals surface area (Å²) in [5, 5.41) is 3.59. The van der Waals surface area contributed by atoms with Crippen LogP contribution in [-0.2, 0) is 4.79 Å². The van der Waals surface area contributed by atoms with E-state index in [1.807, 2.05) is 6.07 Å². The molecule has 0 aromatic heterocycles. The zero-order chi connectivity index (χ0) is 21.0.